The molecule has 10 heteroatoms. The zero-order chi connectivity index (χ0) is 32.8. The van der Waals surface area contributed by atoms with E-state index < -0.39 is 10.8 Å². The summed E-state index contributed by atoms with van der Waals surface area (Å²) in [6, 6.07) is 38.0. The summed E-state index contributed by atoms with van der Waals surface area (Å²) >= 11 is 1.08. The van der Waals surface area contributed by atoms with Crippen molar-refractivity contribution in [2.24, 2.45) is 0 Å². The third-order valence-electron chi connectivity index (χ3n) is 8.23. The molecule has 0 radical (unpaired) electrons. The second-order valence-corrected chi connectivity index (χ2v) is 12.2. The molecule has 9 nitrogen and oxygen atoms in total. The average Bonchev–Trinajstić information content (AvgIpc) is 3.40. The largest absolute Gasteiger partial charge is 0.335 e. The number of aromatic nitrogens is 1. The van der Waals surface area contributed by atoms with E-state index in [0.29, 0.717) is 36.3 Å². The van der Waals surface area contributed by atoms with Crippen molar-refractivity contribution < 1.29 is 9.72 Å². The first-order chi connectivity index (χ1) is 22.9. The van der Waals surface area contributed by atoms with Gasteiger partial charge in [0, 0.05) is 38.3 Å². The van der Waals surface area contributed by atoms with E-state index in [9.17, 15) is 25.0 Å². The maximum Gasteiger partial charge on any atom is 0.269 e. The lowest BCUT2D eigenvalue weighted by molar-refractivity contribution is -0.384. The number of non-ortho nitro benzene ring substituents is 1. The molecule has 4 aromatic carbocycles. The van der Waals surface area contributed by atoms with E-state index >= 15 is 0 Å². The van der Waals surface area contributed by atoms with Crippen molar-refractivity contribution in [1.82, 2.24) is 14.4 Å². The van der Waals surface area contributed by atoms with E-state index in [2.05, 4.69) is 35.2 Å². The van der Waals surface area contributed by atoms with Crippen molar-refractivity contribution in [3.63, 3.8) is 0 Å². The second-order valence-electron chi connectivity index (χ2n) is 11.2. The molecule has 1 aliphatic heterocycles. The van der Waals surface area contributed by atoms with Gasteiger partial charge < -0.3 is 4.90 Å². The Hall–Kier alpha value is -5.63. The van der Waals surface area contributed by atoms with Crippen LogP contribution in [0.5, 0.6) is 0 Å². The predicted octanol–water partition coefficient (Wildman–Crippen LogP) is 4.30. The fourth-order valence-electron chi connectivity index (χ4n) is 5.87. The van der Waals surface area contributed by atoms with Crippen LogP contribution in [-0.4, -0.2) is 51.4 Å². The molecule has 0 N–H and O–H groups in total. The molecule has 0 atom stereocenters. The zero-order valence-electron chi connectivity index (χ0n) is 25.4. The monoisotopic (exact) mass is 641 g/mol. The van der Waals surface area contributed by atoms with Crippen LogP contribution in [0.1, 0.15) is 28.3 Å². The lowest BCUT2D eigenvalue weighted by Gasteiger charge is -2.39. The van der Waals surface area contributed by atoms with Gasteiger partial charge in [-0.2, -0.15) is 5.26 Å². The number of thiazole rings is 1. The summed E-state index contributed by atoms with van der Waals surface area (Å²) in [7, 11) is 0. The highest BCUT2D eigenvalue weighted by Gasteiger charge is 2.30. The Morgan fingerprint density at radius 2 is 1.40 bits per heavy atom. The Morgan fingerprint density at radius 3 is 1.94 bits per heavy atom. The van der Waals surface area contributed by atoms with Gasteiger partial charge in [0.05, 0.1) is 22.0 Å². The van der Waals surface area contributed by atoms with Crippen LogP contribution in [0, 0.1) is 21.4 Å². The van der Waals surface area contributed by atoms with Crippen LogP contribution in [0.4, 0.5) is 5.69 Å². The summed E-state index contributed by atoms with van der Waals surface area (Å²) in [6.07, 6.45) is 1.63. The number of nitrogens with zero attached hydrogens (tertiary/aromatic N) is 5. The van der Waals surface area contributed by atoms with Crippen LogP contribution >= 0.6 is 11.3 Å². The summed E-state index contributed by atoms with van der Waals surface area (Å²) in [4.78, 5) is 42.4. The summed E-state index contributed by atoms with van der Waals surface area (Å²) in [6.45, 7) is 2.26. The van der Waals surface area contributed by atoms with Crippen molar-refractivity contribution in [2.45, 2.75) is 12.6 Å². The Bertz CT molecular complexity index is 2060. The lowest BCUT2D eigenvalue weighted by Crippen LogP contribution is -2.50. The van der Waals surface area contributed by atoms with Gasteiger partial charge in [0.15, 0.2) is 5.57 Å². The van der Waals surface area contributed by atoms with Gasteiger partial charge in [-0.15, -0.1) is 11.3 Å². The summed E-state index contributed by atoms with van der Waals surface area (Å²) in [5.74, 6) is -0.409. The highest BCUT2D eigenvalue weighted by molar-refractivity contribution is 7.07. The van der Waals surface area contributed by atoms with Gasteiger partial charge in [-0.25, -0.2) is 0 Å². The van der Waals surface area contributed by atoms with Crippen LogP contribution in [-0.2, 0) is 11.3 Å². The van der Waals surface area contributed by atoms with E-state index in [1.165, 1.54) is 27.8 Å². The van der Waals surface area contributed by atoms with E-state index in [1.807, 2.05) is 66.7 Å². The number of nitro groups is 1. The molecular weight excluding hydrogens is 611 g/mol. The second kappa shape index (κ2) is 14.2. The maximum absolute atomic E-state index is 14.0. The highest BCUT2D eigenvalue weighted by Crippen LogP contribution is 2.29. The zero-order valence-corrected chi connectivity index (χ0v) is 26.3. The van der Waals surface area contributed by atoms with Crippen LogP contribution in [0.15, 0.2) is 120 Å². The van der Waals surface area contributed by atoms with Gasteiger partial charge >= 0.3 is 0 Å². The smallest absolute Gasteiger partial charge is 0.269 e. The molecule has 1 amide bonds. The highest BCUT2D eigenvalue weighted by atomic mass is 32.1. The molecule has 5 aromatic rings. The van der Waals surface area contributed by atoms with Gasteiger partial charge in [-0.1, -0.05) is 91.0 Å². The molecule has 47 heavy (non-hydrogen) atoms. The molecule has 6 rings (SSSR count). The number of piperazine rings is 1. The van der Waals surface area contributed by atoms with Crippen molar-refractivity contribution >= 4 is 34.6 Å². The number of rotatable bonds is 8. The minimum Gasteiger partial charge on any atom is -0.335 e. The summed E-state index contributed by atoms with van der Waals surface area (Å²) in [5, 5.41) is 21.5. The van der Waals surface area contributed by atoms with Crippen molar-refractivity contribution in [3.8, 4) is 6.07 Å². The van der Waals surface area contributed by atoms with Crippen LogP contribution < -0.4 is 14.8 Å². The topological polar surface area (TPSA) is 112 Å². The Morgan fingerprint density at radius 1 is 0.851 bits per heavy atom. The third-order valence-corrected chi connectivity index (χ3v) is 9.36. The van der Waals surface area contributed by atoms with Gasteiger partial charge in [0.25, 0.3) is 17.2 Å². The standard InChI is InChI=1S/C37H31N5O4S/c38-25-32(35(43)40-22-20-39(21-23-40)34(29-12-6-2-7-13-29)30-14-8-3-9-15-30)37-41(26-28-10-4-1-5-11-28)36(44)33(47-37)24-27-16-18-31(19-17-27)42(45)46/h1-19,24,34H,20-23,26H2/b33-24-,37-32-. The quantitative estimate of drug-likeness (QED) is 0.185. The molecule has 234 valence electrons. The molecule has 0 unspecified atom stereocenters. The number of carbonyl (C=O) groups is 1. The molecule has 0 saturated carbocycles. The van der Waals surface area contributed by atoms with Crippen LogP contribution in [0.2, 0.25) is 0 Å². The minimum atomic E-state index is -0.483. The van der Waals surface area contributed by atoms with Crippen molar-refractivity contribution in [2.75, 3.05) is 26.2 Å². The molecule has 0 spiro atoms. The summed E-state index contributed by atoms with van der Waals surface area (Å²) in [5.41, 5.74) is 3.31. The first-order valence-electron chi connectivity index (χ1n) is 15.2. The minimum absolute atomic E-state index is 0.0277. The number of nitro benzene ring substituents is 1. The van der Waals surface area contributed by atoms with E-state index in [-0.39, 0.29) is 34.1 Å². The molecule has 1 aliphatic rings. The normalized spacial score (nSPS) is 14.6. The van der Waals surface area contributed by atoms with Crippen molar-refractivity contribution in [3.05, 3.63) is 167 Å². The lowest BCUT2D eigenvalue weighted by atomic mass is 9.96. The Kier molecular flexibility index (Phi) is 9.48. The number of nitriles is 1. The van der Waals surface area contributed by atoms with E-state index in [1.54, 1.807) is 23.1 Å². The number of hydrogen-bond donors (Lipinski definition) is 0. The number of carbonyl (C=O) groups excluding carboxylic acids is 1. The van der Waals surface area contributed by atoms with E-state index in [4.69, 9.17) is 0 Å². The van der Waals surface area contributed by atoms with Crippen LogP contribution in [0.3, 0.4) is 0 Å². The average molecular weight is 642 g/mol. The van der Waals surface area contributed by atoms with Crippen LogP contribution in [0.25, 0.3) is 11.6 Å². The van der Waals surface area contributed by atoms with Gasteiger partial charge in [-0.05, 0) is 40.5 Å². The molecule has 1 fully saturated rings. The number of benzene rings is 4. The SMILES string of the molecule is N#C/C(C(=O)N1CCN(C(c2ccccc2)c2ccccc2)CC1)=c1/s/c(=C\c2ccc([N+](=O)[O-])cc2)c(=O)n1Cc1ccccc1. The first kappa shape index (κ1) is 31.4. The molecule has 2 heterocycles. The molecule has 0 bridgehead atoms. The molecule has 0 aliphatic carbocycles. The Labute approximate surface area is 275 Å². The van der Waals surface area contributed by atoms with Gasteiger partial charge in [0.2, 0.25) is 0 Å². The van der Waals surface area contributed by atoms with Crippen molar-refractivity contribution in [1.29, 1.82) is 5.26 Å². The molecule has 1 saturated heterocycles. The van der Waals surface area contributed by atoms with Gasteiger partial charge in [0.1, 0.15) is 10.7 Å². The fourth-order valence-corrected chi connectivity index (χ4v) is 6.97. The maximum atomic E-state index is 14.0. The fraction of sp³-hybridized carbons (Fsp3) is 0.162. The third kappa shape index (κ3) is 6.97. The molecular formula is C37H31N5O4S. The number of hydrogen-bond acceptors (Lipinski definition) is 7. The number of amides is 1. The molecule has 1 aromatic heterocycles. The first-order valence-corrected chi connectivity index (χ1v) is 16.0. The Balaban J connectivity index is 1.34. The van der Waals surface area contributed by atoms with E-state index in [0.717, 1.165) is 16.9 Å². The predicted molar refractivity (Wildman–Crippen MR) is 182 cm³/mol. The summed E-state index contributed by atoms with van der Waals surface area (Å²) < 4.78 is 2.09. The van der Waals surface area contributed by atoms with Gasteiger partial charge in [-0.3, -0.25) is 29.2 Å².